The minimum atomic E-state index is -0.211. The van der Waals surface area contributed by atoms with Crippen LogP contribution in [0.3, 0.4) is 0 Å². The van der Waals surface area contributed by atoms with Gasteiger partial charge in [-0.2, -0.15) is 0 Å². The quantitative estimate of drug-likeness (QED) is 0.569. The van der Waals surface area contributed by atoms with Crippen LogP contribution in [0.15, 0.2) is 12.7 Å². The van der Waals surface area contributed by atoms with Crippen molar-refractivity contribution < 1.29 is 9.53 Å². The summed E-state index contributed by atoms with van der Waals surface area (Å²) in [5, 5.41) is 0. The third-order valence-electron chi connectivity index (χ3n) is 7.76. The van der Waals surface area contributed by atoms with Crippen LogP contribution < -0.4 is 0 Å². The second-order valence-corrected chi connectivity index (χ2v) is 8.13. The molecule has 9 atom stereocenters. The number of esters is 1. The summed E-state index contributed by atoms with van der Waals surface area (Å²) in [5.41, 5.74) is 0. The van der Waals surface area contributed by atoms with Crippen LogP contribution >= 0.6 is 0 Å². The molecule has 108 valence electrons. The van der Waals surface area contributed by atoms with Crippen molar-refractivity contribution in [2.24, 2.45) is 47.3 Å². The molecule has 2 nitrogen and oxygen atoms in total. The van der Waals surface area contributed by atoms with E-state index in [9.17, 15) is 4.79 Å². The normalized spacial score (nSPS) is 57.7. The van der Waals surface area contributed by atoms with Crippen LogP contribution in [0.1, 0.15) is 38.5 Å². The molecule has 20 heavy (non-hydrogen) atoms. The Morgan fingerprint density at radius 3 is 2.55 bits per heavy atom. The van der Waals surface area contributed by atoms with Crippen LogP contribution in [0.5, 0.6) is 0 Å². The van der Waals surface area contributed by atoms with Gasteiger partial charge >= 0.3 is 5.97 Å². The predicted octanol–water partition coefficient (Wildman–Crippen LogP) is 3.42. The van der Waals surface area contributed by atoms with Crippen LogP contribution in [-0.2, 0) is 9.53 Å². The standard InChI is InChI=1S/C18H24O2/c1-2-16(19)20-15-7-11-6-13(15)14-8-12-9-3-4-10(5-9)17(12)18(11)14/h2,9-15,17-18H,1,3-8H2. The fourth-order valence-corrected chi connectivity index (χ4v) is 7.45. The number of carbonyl (C=O) groups excluding carboxylic acids is 1. The Balaban J connectivity index is 1.38. The second-order valence-electron chi connectivity index (χ2n) is 8.13. The van der Waals surface area contributed by atoms with Crippen LogP contribution in [0.2, 0.25) is 0 Å². The van der Waals surface area contributed by atoms with Gasteiger partial charge in [-0.1, -0.05) is 6.58 Å². The number of ether oxygens (including phenoxy) is 1. The lowest BCUT2D eigenvalue weighted by atomic mass is 9.72. The molecule has 0 radical (unpaired) electrons. The van der Waals surface area contributed by atoms with Crippen molar-refractivity contribution in [2.45, 2.75) is 44.6 Å². The summed E-state index contributed by atoms with van der Waals surface area (Å²) < 4.78 is 5.64. The van der Waals surface area contributed by atoms with Crippen LogP contribution in [0, 0.1) is 47.3 Å². The van der Waals surface area contributed by atoms with Gasteiger partial charge in [-0.05, 0) is 85.9 Å². The van der Waals surface area contributed by atoms with Crippen LogP contribution in [0.4, 0.5) is 0 Å². The number of hydrogen-bond donors (Lipinski definition) is 0. The molecule has 5 aliphatic carbocycles. The molecule has 0 aromatic carbocycles. The molecular weight excluding hydrogens is 248 g/mol. The Bertz CT molecular complexity index is 470. The Morgan fingerprint density at radius 2 is 1.70 bits per heavy atom. The lowest BCUT2D eigenvalue weighted by molar-refractivity contribution is -0.147. The van der Waals surface area contributed by atoms with Gasteiger partial charge in [0.1, 0.15) is 6.10 Å². The fourth-order valence-electron chi connectivity index (χ4n) is 7.45. The molecule has 0 spiro atoms. The molecule has 0 heterocycles. The zero-order valence-electron chi connectivity index (χ0n) is 12.0. The molecule has 0 N–H and O–H groups in total. The lowest BCUT2D eigenvalue weighted by Crippen LogP contribution is -2.34. The molecule has 9 unspecified atom stereocenters. The number of hydrogen-bond acceptors (Lipinski definition) is 2. The maximum absolute atomic E-state index is 11.5. The Kier molecular flexibility index (Phi) is 2.30. The largest absolute Gasteiger partial charge is 0.459 e. The molecule has 0 saturated heterocycles. The molecule has 4 bridgehead atoms. The fraction of sp³-hybridized carbons (Fsp3) is 0.833. The maximum atomic E-state index is 11.5. The Labute approximate surface area is 120 Å². The summed E-state index contributed by atoms with van der Waals surface area (Å²) >= 11 is 0. The number of fused-ring (bicyclic) bond motifs is 11. The van der Waals surface area contributed by atoms with Gasteiger partial charge in [-0.15, -0.1) is 0 Å². The zero-order valence-corrected chi connectivity index (χ0v) is 12.0. The van der Waals surface area contributed by atoms with Crippen molar-refractivity contribution in [1.29, 1.82) is 0 Å². The third kappa shape index (κ3) is 1.33. The van der Waals surface area contributed by atoms with Gasteiger partial charge < -0.3 is 4.74 Å². The van der Waals surface area contributed by atoms with E-state index in [1.807, 2.05) is 0 Å². The summed E-state index contributed by atoms with van der Waals surface area (Å²) in [5.74, 6) is 7.44. The Morgan fingerprint density at radius 1 is 0.900 bits per heavy atom. The Hall–Kier alpha value is -0.790. The zero-order chi connectivity index (χ0) is 13.4. The summed E-state index contributed by atoms with van der Waals surface area (Å²) in [4.78, 5) is 11.5. The smallest absolute Gasteiger partial charge is 0.330 e. The highest BCUT2D eigenvalue weighted by atomic mass is 16.5. The van der Waals surface area contributed by atoms with E-state index in [1.165, 1.54) is 31.8 Å². The minimum absolute atomic E-state index is 0.211. The average molecular weight is 272 g/mol. The maximum Gasteiger partial charge on any atom is 0.330 e. The van der Waals surface area contributed by atoms with Gasteiger partial charge in [0.25, 0.3) is 0 Å². The van der Waals surface area contributed by atoms with E-state index in [0.29, 0.717) is 5.92 Å². The second kappa shape index (κ2) is 3.90. The lowest BCUT2D eigenvalue weighted by Gasteiger charge is -2.35. The van der Waals surface area contributed by atoms with Crippen molar-refractivity contribution in [2.75, 3.05) is 0 Å². The molecule has 0 amide bonds. The summed E-state index contributed by atoms with van der Waals surface area (Å²) in [6.45, 7) is 3.53. The minimum Gasteiger partial charge on any atom is -0.459 e. The number of carbonyl (C=O) groups is 1. The average Bonchev–Trinajstić information content (AvgIpc) is 3.19. The van der Waals surface area contributed by atoms with E-state index in [0.717, 1.165) is 47.8 Å². The van der Waals surface area contributed by atoms with Crippen molar-refractivity contribution in [3.05, 3.63) is 12.7 Å². The molecule has 0 aromatic rings. The van der Waals surface area contributed by atoms with E-state index < -0.39 is 0 Å². The van der Waals surface area contributed by atoms with Crippen molar-refractivity contribution >= 4 is 5.97 Å². The van der Waals surface area contributed by atoms with Gasteiger partial charge in [0.15, 0.2) is 0 Å². The van der Waals surface area contributed by atoms with Crippen molar-refractivity contribution in [1.82, 2.24) is 0 Å². The summed E-state index contributed by atoms with van der Waals surface area (Å²) in [6.07, 6.45) is 10.1. The highest BCUT2D eigenvalue weighted by Gasteiger charge is 2.65. The predicted molar refractivity (Wildman–Crippen MR) is 75.7 cm³/mol. The van der Waals surface area contributed by atoms with Gasteiger partial charge in [-0.25, -0.2) is 4.79 Å². The molecule has 5 fully saturated rings. The summed E-state index contributed by atoms with van der Waals surface area (Å²) in [6, 6.07) is 0. The third-order valence-corrected chi connectivity index (χ3v) is 7.76. The van der Waals surface area contributed by atoms with E-state index in [4.69, 9.17) is 4.74 Å². The molecule has 5 rings (SSSR count). The topological polar surface area (TPSA) is 26.3 Å². The molecule has 0 aromatic heterocycles. The monoisotopic (exact) mass is 272 g/mol. The number of rotatable bonds is 2. The first-order valence-electron chi connectivity index (χ1n) is 8.59. The first-order chi connectivity index (χ1) is 9.76. The molecule has 5 aliphatic rings. The SMILES string of the molecule is C=CC(=O)OC1CC2CC1C1CC3C4CCC(C4)C3C21. The highest BCUT2D eigenvalue weighted by molar-refractivity contribution is 5.81. The van der Waals surface area contributed by atoms with Gasteiger partial charge in [-0.3, -0.25) is 0 Å². The van der Waals surface area contributed by atoms with E-state index in [2.05, 4.69) is 6.58 Å². The van der Waals surface area contributed by atoms with Gasteiger partial charge in [0.2, 0.25) is 0 Å². The van der Waals surface area contributed by atoms with E-state index in [1.54, 1.807) is 6.42 Å². The first-order valence-corrected chi connectivity index (χ1v) is 8.59. The molecule has 5 saturated carbocycles. The highest BCUT2D eigenvalue weighted by Crippen LogP contribution is 2.71. The molecule has 2 heteroatoms. The van der Waals surface area contributed by atoms with Gasteiger partial charge in [0, 0.05) is 6.08 Å². The van der Waals surface area contributed by atoms with Crippen molar-refractivity contribution in [3.63, 3.8) is 0 Å². The van der Waals surface area contributed by atoms with Crippen LogP contribution in [0.25, 0.3) is 0 Å². The summed E-state index contributed by atoms with van der Waals surface area (Å²) in [7, 11) is 0. The van der Waals surface area contributed by atoms with Crippen molar-refractivity contribution in [3.8, 4) is 0 Å². The molecular formula is C18H24O2. The van der Waals surface area contributed by atoms with E-state index >= 15 is 0 Å². The van der Waals surface area contributed by atoms with E-state index in [-0.39, 0.29) is 12.1 Å². The first kappa shape index (κ1) is 11.8. The molecule has 0 aliphatic heterocycles. The van der Waals surface area contributed by atoms with Crippen LogP contribution in [-0.4, -0.2) is 12.1 Å². The van der Waals surface area contributed by atoms with Gasteiger partial charge in [0.05, 0.1) is 0 Å².